The van der Waals surface area contributed by atoms with Crippen LogP contribution in [0.15, 0.2) is 24.3 Å². The molecule has 1 aliphatic heterocycles. The van der Waals surface area contributed by atoms with Gasteiger partial charge in [0.2, 0.25) is 5.91 Å². The number of hydrogen-bond acceptors (Lipinski definition) is 3. The van der Waals surface area contributed by atoms with E-state index in [0.29, 0.717) is 12.1 Å². The first-order valence-electron chi connectivity index (χ1n) is 6.38. The normalized spacial score (nSPS) is 23.1. The molecule has 1 aromatic carbocycles. The molecule has 19 heavy (non-hydrogen) atoms. The number of phenols is 1. The standard InChI is InChI=1S/C14H18N2O3/c1-9-5-6-11(13(15)18)8-16(9)14(19)10-3-2-4-12(17)7-10/h2-4,7,9,11,17H,5-6,8H2,1H3,(H2,15,18). The zero-order chi connectivity index (χ0) is 14.0. The predicted molar refractivity (Wildman–Crippen MR) is 70.5 cm³/mol. The molecule has 0 aliphatic carbocycles. The first-order valence-corrected chi connectivity index (χ1v) is 6.38. The lowest BCUT2D eigenvalue weighted by Gasteiger charge is -2.37. The van der Waals surface area contributed by atoms with Gasteiger partial charge in [0.05, 0.1) is 5.92 Å². The minimum absolute atomic E-state index is 0.0574. The van der Waals surface area contributed by atoms with E-state index in [-0.39, 0.29) is 29.5 Å². The summed E-state index contributed by atoms with van der Waals surface area (Å²) in [4.78, 5) is 25.3. The van der Waals surface area contributed by atoms with E-state index in [0.717, 1.165) is 12.8 Å². The zero-order valence-corrected chi connectivity index (χ0v) is 10.9. The topological polar surface area (TPSA) is 83.6 Å². The maximum Gasteiger partial charge on any atom is 0.254 e. The van der Waals surface area contributed by atoms with Gasteiger partial charge < -0.3 is 15.7 Å². The summed E-state index contributed by atoms with van der Waals surface area (Å²) in [6, 6.07) is 6.31. The lowest BCUT2D eigenvalue weighted by atomic mass is 9.92. The van der Waals surface area contributed by atoms with Crippen molar-refractivity contribution in [1.82, 2.24) is 4.90 Å². The van der Waals surface area contributed by atoms with E-state index in [1.807, 2.05) is 6.92 Å². The van der Waals surface area contributed by atoms with Crippen molar-refractivity contribution in [2.45, 2.75) is 25.8 Å². The van der Waals surface area contributed by atoms with Gasteiger partial charge in [0, 0.05) is 18.2 Å². The number of hydrogen-bond donors (Lipinski definition) is 2. The number of rotatable bonds is 2. The van der Waals surface area contributed by atoms with Gasteiger partial charge in [-0.1, -0.05) is 6.07 Å². The molecule has 1 saturated heterocycles. The van der Waals surface area contributed by atoms with E-state index in [1.54, 1.807) is 17.0 Å². The highest BCUT2D eigenvalue weighted by Gasteiger charge is 2.32. The Morgan fingerprint density at radius 2 is 2.11 bits per heavy atom. The van der Waals surface area contributed by atoms with Gasteiger partial charge in [0.1, 0.15) is 5.75 Å². The first kappa shape index (κ1) is 13.4. The highest BCUT2D eigenvalue weighted by molar-refractivity contribution is 5.95. The minimum atomic E-state index is -0.361. The average Bonchev–Trinajstić information content (AvgIpc) is 2.38. The number of aromatic hydroxyl groups is 1. The maximum absolute atomic E-state index is 12.4. The molecule has 1 aromatic rings. The molecule has 2 rings (SSSR count). The van der Waals surface area contributed by atoms with Crippen molar-refractivity contribution < 1.29 is 14.7 Å². The molecule has 2 atom stereocenters. The molecule has 0 bridgehead atoms. The van der Waals surface area contributed by atoms with Gasteiger partial charge in [-0.05, 0) is 38.0 Å². The quantitative estimate of drug-likeness (QED) is 0.837. The summed E-state index contributed by atoms with van der Waals surface area (Å²) < 4.78 is 0. The third kappa shape index (κ3) is 2.86. The lowest BCUT2D eigenvalue weighted by molar-refractivity contribution is -0.123. The molecule has 0 spiro atoms. The molecule has 0 saturated carbocycles. The van der Waals surface area contributed by atoms with Crippen LogP contribution in [0.25, 0.3) is 0 Å². The first-order chi connectivity index (χ1) is 8.99. The molecule has 1 heterocycles. The molecule has 3 N–H and O–H groups in total. The molecule has 0 radical (unpaired) electrons. The van der Waals surface area contributed by atoms with Gasteiger partial charge in [0.25, 0.3) is 5.91 Å². The van der Waals surface area contributed by atoms with E-state index in [1.165, 1.54) is 12.1 Å². The second kappa shape index (κ2) is 5.30. The Kier molecular flexibility index (Phi) is 3.74. The van der Waals surface area contributed by atoms with Crippen LogP contribution in [0.5, 0.6) is 5.75 Å². The zero-order valence-electron chi connectivity index (χ0n) is 10.9. The number of carbonyl (C=O) groups excluding carboxylic acids is 2. The Bertz CT molecular complexity index is 501. The van der Waals surface area contributed by atoms with Gasteiger partial charge in [0.15, 0.2) is 0 Å². The van der Waals surface area contributed by atoms with E-state index >= 15 is 0 Å². The Balaban J connectivity index is 2.19. The van der Waals surface area contributed by atoms with Crippen molar-refractivity contribution in [3.05, 3.63) is 29.8 Å². The van der Waals surface area contributed by atoms with Crippen molar-refractivity contribution in [3.63, 3.8) is 0 Å². The number of amides is 2. The summed E-state index contributed by atoms with van der Waals surface area (Å²) in [5.74, 6) is -0.755. The van der Waals surface area contributed by atoms with Crippen molar-refractivity contribution >= 4 is 11.8 Å². The van der Waals surface area contributed by atoms with Crippen LogP contribution in [-0.4, -0.2) is 34.4 Å². The third-order valence-corrected chi connectivity index (χ3v) is 3.64. The SMILES string of the molecule is CC1CCC(C(N)=O)CN1C(=O)c1cccc(O)c1. The van der Waals surface area contributed by atoms with Crippen molar-refractivity contribution in [2.24, 2.45) is 11.7 Å². The van der Waals surface area contributed by atoms with Gasteiger partial charge in [-0.25, -0.2) is 0 Å². The number of phenolic OH excluding ortho intramolecular Hbond substituents is 1. The van der Waals surface area contributed by atoms with Gasteiger partial charge in [-0.2, -0.15) is 0 Å². The summed E-state index contributed by atoms with van der Waals surface area (Å²) in [6.45, 7) is 2.31. The Morgan fingerprint density at radius 3 is 2.74 bits per heavy atom. The van der Waals surface area contributed by atoms with Crippen LogP contribution in [0.4, 0.5) is 0 Å². The number of benzene rings is 1. The van der Waals surface area contributed by atoms with Crippen LogP contribution in [0.3, 0.4) is 0 Å². The van der Waals surface area contributed by atoms with Crippen LogP contribution in [0.1, 0.15) is 30.1 Å². The summed E-state index contributed by atoms with van der Waals surface area (Å²) in [5, 5.41) is 9.42. The molecule has 5 nitrogen and oxygen atoms in total. The smallest absolute Gasteiger partial charge is 0.254 e. The molecule has 1 fully saturated rings. The largest absolute Gasteiger partial charge is 0.508 e. The van der Waals surface area contributed by atoms with Gasteiger partial charge in [-0.3, -0.25) is 9.59 Å². The monoisotopic (exact) mass is 262 g/mol. The predicted octanol–water partition coefficient (Wildman–Crippen LogP) is 1.12. The highest BCUT2D eigenvalue weighted by Crippen LogP contribution is 2.24. The molecule has 102 valence electrons. The molecule has 5 heteroatoms. The fourth-order valence-corrected chi connectivity index (χ4v) is 2.43. The van der Waals surface area contributed by atoms with Gasteiger partial charge in [-0.15, -0.1) is 0 Å². The number of nitrogens with zero attached hydrogens (tertiary/aromatic N) is 1. The van der Waals surface area contributed by atoms with Crippen LogP contribution in [0, 0.1) is 5.92 Å². The van der Waals surface area contributed by atoms with Crippen LogP contribution >= 0.6 is 0 Å². The van der Waals surface area contributed by atoms with E-state index < -0.39 is 0 Å². The summed E-state index contributed by atoms with van der Waals surface area (Å²) in [6.07, 6.45) is 1.48. The second-order valence-corrected chi connectivity index (χ2v) is 5.03. The lowest BCUT2D eigenvalue weighted by Crippen LogP contribution is -2.48. The molecular formula is C14H18N2O3. The number of piperidine rings is 1. The number of carbonyl (C=O) groups is 2. The Hall–Kier alpha value is -2.04. The molecule has 2 amide bonds. The fourth-order valence-electron chi connectivity index (χ4n) is 2.43. The van der Waals surface area contributed by atoms with E-state index in [9.17, 15) is 14.7 Å². The van der Waals surface area contributed by atoms with Crippen LogP contribution in [-0.2, 0) is 4.79 Å². The van der Waals surface area contributed by atoms with Gasteiger partial charge >= 0.3 is 0 Å². The third-order valence-electron chi connectivity index (χ3n) is 3.64. The van der Waals surface area contributed by atoms with E-state index in [4.69, 9.17) is 5.73 Å². The number of primary amides is 1. The molecular weight excluding hydrogens is 244 g/mol. The Labute approximate surface area is 112 Å². The molecule has 1 aliphatic rings. The minimum Gasteiger partial charge on any atom is -0.508 e. The Morgan fingerprint density at radius 1 is 1.37 bits per heavy atom. The average molecular weight is 262 g/mol. The summed E-state index contributed by atoms with van der Waals surface area (Å²) >= 11 is 0. The number of likely N-dealkylation sites (tertiary alicyclic amines) is 1. The fraction of sp³-hybridized carbons (Fsp3) is 0.429. The summed E-state index contributed by atoms with van der Waals surface area (Å²) in [5.41, 5.74) is 5.75. The van der Waals surface area contributed by atoms with Crippen LogP contribution in [0.2, 0.25) is 0 Å². The van der Waals surface area contributed by atoms with Crippen molar-refractivity contribution in [1.29, 1.82) is 0 Å². The molecule has 2 unspecified atom stereocenters. The second-order valence-electron chi connectivity index (χ2n) is 5.03. The van der Waals surface area contributed by atoms with Crippen LogP contribution < -0.4 is 5.73 Å². The summed E-state index contributed by atoms with van der Waals surface area (Å²) in [7, 11) is 0. The molecule has 0 aromatic heterocycles. The van der Waals surface area contributed by atoms with Crippen molar-refractivity contribution in [2.75, 3.05) is 6.54 Å². The maximum atomic E-state index is 12.4. The van der Waals surface area contributed by atoms with E-state index in [2.05, 4.69) is 0 Å². The number of nitrogens with two attached hydrogens (primary N) is 1. The van der Waals surface area contributed by atoms with Crippen molar-refractivity contribution in [3.8, 4) is 5.75 Å². The highest BCUT2D eigenvalue weighted by atomic mass is 16.3.